The normalized spacial score (nSPS) is 18.5. The van der Waals surface area contributed by atoms with E-state index in [0.29, 0.717) is 39.6 Å². The molecule has 3 aromatic heterocycles. The number of amides is 4. The van der Waals surface area contributed by atoms with Crippen LogP contribution in [0.1, 0.15) is 74.6 Å². The molecule has 1 saturated heterocycles. The highest BCUT2D eigenvalue weighted by Crippen LogP contribution is 2.32. The number of primary amides is 1. The lowest BCUT2D eigenvalue weighted by atomic mass is 9.85. The molecule has 7 rings (SSSR count). The van der Waals surface area contributed by atoms with Gasteiger partial charge in [-0.25, -0.2) is 4.98 Å². The zero-order chi connectivity index (χ0) is 51.2. The summed E-state index contributed by atoms with van der Waals surface area (Å²) in [6, 6.07) is 13.6. The highest BCUT2D eigenvalue weighted by molar-refractivity contribution is 7.13. The summed E-state index contributed by atoms with van der Waals surface area (Å²) in [5.74, 6) is -1.61. The summed E-state index contributed by atoms with van der Waals surface area (Å²) in [5.41, 5.74) is 17.4. The standard InChI is InChI=1S/C50H68N12O9S/c1-31-43(72-30-54-31)34-11-6-5-10-32(34)27-53-47(66)40-26-33(63)28-62(40)48(67)44(50(2,3)4)57-41(64)29-71-25-24-70-23-22-69-21-20-68-19-18-61-17-16-35-37(14-9-15-39(35)61)55-46-42(45(52)65)59-60-49(58-46)56-38-13-8-7-12-36(38)51/h5-6,9-11,14-17,30,33,36,38,40,44,63H,7-8,12-13,18-29,51H2,1-4H3,(H2,52,65)(H,53,66)(H,57,64)(H2,55,56,58,60)/t33-,36+,38-,40+,44-/m1/s1. The number of aliphatic hydroxyl groups excluding tert-OH is 1. The lowest BCUT2D eigenvalue weighted by Crippen LogP contribution is -2.58. The fourth-order valence-corrected chi connectivity index (χ4v) is 9.73. The summed E-state index contributed by atoms with van der Waals surface area (Å²) in [4.78, 5) is 64.2. The largest absolute Gasteiger partial charge is 0.391 e. The van der Waals surface area contributed by atoms with Gasteiger partial charge in [0.05, 0.1) is 74.0 Å². The second kappa shape index (κ2) is 25.5. The van der Waals surface area contributed by atoms with Crippen molar-refractivity contribution in [1.29, 1.82) is 0 Å². The number of anilines is 3. The Hall–Kier alpha value is -6.14. The van der Waals surface area contributed by atoms with Gasteiger partial charge in [-0.3, -0.25) is 19.2 Å². The summed E-state index contributed by atoms with van der Waals surface area (Å²) >= 11 is 1.53. The molecule has 4 amide bonds. The fourth-order valence-electron chi connectivity index (χ4n) is 8.87. The number of likely N-dealkylation sites (tertiary alicyclic amines) is 1. The Morgan fingerprint density at radius 1 is 0.917 bits per heavy atom. The topological polar surface area (TPSA) is 285 Å². The SMILES string of the molecule is Cc1ncsc1-c1ccccc1CNC(=O)[C@@H]1C[C@@H](O)CN1C(=O)[C@@H](NC(=O)COCCOCCOCCOCCn1ccc2c(Nc3nc(N[C@@H]4CCCC[C@@H]4N)nnc3C(N)=O)cccc21)C(C)(C)C. The zero-order valence-electron chi connectivity index (χ0n) is 41.4. The molecule has 5 atom stereocenters. The van der Waals surface area contributed by atoms with Crippen molar-refractivity contribution in [2.24, 2.45) is 16.9 Å². The molecule has 1 aliphatic carbocycles. The Morgan fingerprint density at radius 2 is 1.64 bits per heavy atom. The number of nitrogens with zero attached hydrogens (tertiary/aromatic N) is 6. The lowest BCUT2D eigenvalue weighted by Gasteiger charge is -2.35. The van der Waals surface area contributed by atoms with Crippen LogP contribution >= 0.6 is 11.3 Å². The summed E-state index contributed by atoms with van der Waals surface area (Å²) in [7, 11) is 0. The molecule has 4 heterocycles. The lowest BCUT2D eigenvalue weighted by molar-refractivity contribution is -0.144. The molecule has 5 aromatic rings. The van der Waals surface area contributed by atoms with E-state index in [0.717, 1.165) is 64.0 Å². The molecule has 1 saturated carbocycles. The number of aryl methyl sites for hydroxylation is 1. The van der Waals surface area contributed by atoms with Crippen molar-refractivity contribution in [2.45, 2.75) is 103 Å². The minimum Gasteiger partial charge on any atom is -0.391 e. The Bertz CT molecular complexity index is 2620. The maximum atomic E-state index is 14.0. The Balaban J connectivity index is 0.767. The van der Waals surface area contributed by atoms with Crippen LogP contribution in [0.4, 0.5) is 17.5 Å². The highest BCUT2D eigenvalue weighted by atomic mass is 32.1. The average Bonchev–Trinajstić information content (AvgIpc) is 4.10. The van der Waals surface area contributed by atoms with E-state index in [2.05, 4.69) is 46.0 Å². The molecule has 0 unspecified atom stereocenters. The number of nitrogens with one attached hydrogen (secondary N) is 4. The number of thiazole rings is 1. The predicted octanol–water partition coefficient (Wildman–Crippen LogP) is 3.66. The van der Waals surface area contributed by atoms with Crippen molar-refractivity contribution in [3.05, 3.63) is 77.2 Å². The van der Waals surface area contributed by atoms with Crippen molar-refractivity contribution in [3.8, 4) is 10.4 Å². The van der Waals surface area contributed by atoms with Crippen LogP contribution in [0.25, 0.3) is 21.3 Å². The number of hydrogen-bond acceptors (Lipinski definition) is 17. The van der Waals surface area contributed by atoms with Crippen LogP contribution in [-0.2, 0) is 46.4 Å². The molecule has 72 heavy (non-hydrogen) atoms. The summed E-state index contributed by atoms with van der Waals surface area (Å²) in [5, 5.41) is 32.0. The van der Waals surface area contributed by atoms with Crippen LogP contribution in [-0.4, -0.2) is 148 Å². The van der Waals surface area contributed by atoms with Crippen molar-refractivity contribution in [2.75, 3.05) is 70.0 Å². The van der Waals surface area contributed by atoms with Crippen LogP contribution < -0.4 is 32.7 Å². The number of ether oxygens (including phenoxy) is 4. The van der Waals surface area contributed by atoms with Gasteiger partial charge in [0, 0.05) is 55.4 Å². The molecular formula is C50H68N12O9S. The van der Waals surface area contributed by atoms with E-state index in [1.54, 1.807) is 5.51 Å². The minimum absolute atomic E-state index is 0.00986. The summed E-state index contributed by atoms with van der Waals surface area (Å²) in [6.45, 7) is 10.1. The number of carbonyl (C=O) groups is 4. The first-order chi connectivity index (χ1) is 34.7. The van der Waals surface area contributed by atoms with Crippen molar-refractivity contribution in [1.82, 2.24) is 40.3 Å². The number of fused-ring (bicyclic) bond motifs is 1. The van der Waals surface area contributed by atoms with Crippen LogP contribution in [0.3, 0.4) is 0 Å². The maximum absolute atomic E-state index is 14.0. The Kier molecular flexibility index (Phi) is 19.0. The second-order valence-corrected chi connectivity index (χ2v) is 19.9. The third kappa shape index (κ3) is 14.3. The number of benzene rings is 2. The van der Waals surface area contributed by atoms with Gasteiger partial charge in [0.1, 0.15) is 18.7 Å². The van der Waals surface area contributed by atoms with Crippen molar-refractivity contribution >= 4 is 63.3 Å². The van der Waals surface area contributed by atoms with Gasteiger partial charge in [0.25, 0.3) is 5.91 Å². The van der Waals surface area contributed by atoms with E-state index in [4.69, 9.17) is 30.4 Å². The third-order valence-electron chi connectivity index (χ3n) is 12.7. The number of rotatable bonds is 25. The Labute approximate surface area is 423 Å². The smallest absolute Gasteiger partial charge is 0.273 e. The Morgan fingerprint density at radius 3 is 2.35 bits per heavy atom. The molecule has 0 radical (unpaired) electrons. The van der Waals surface area contributed by atoms with Gasteiger partial charge in [0.15, 0.2) is 11.5 Å². The average molecular weight is 1010 g/mol. The second-order valence-electron chi connectivity index (χ2n) is 19.1. The fraction of sp³-hybridized carbons (Fsp3) is 0.520. The first-order valence-electron chi connectivity index (χ1n) is 24.4. The van der Waals surface area contributed by atoms with Gasteiger partial charge >= 0.3 is 0 Å². The first kappa shape index (κ1) is 53.7. The number of aliphatic hydroxyl groups is 1. The number of nitrogens with two attached hydrogens (primary N) is 2. The van der Waals surface area contributed by atoms with Crippen LogP contribution in [0.5, 0.6) is 0 Å². The van der Waals surface area contributed by atoms with Gasteiger partial charge in [-0.05, 0) is 54.5 Å². The van der Waals surface area contributed by atoms with Gasteiger partial charge < -0.3 is 66.3 Å². The molecule has 0 spiro atoms. The van der Waals surface area contributed by atoms with E-state index < -0.39 is 41.3 Å². The molecule has 2 aromatic carbocycles. The highest BCUT2D eigenvalue weighted by Gasteiger charge is 2.44. The molecule has 388 valence electrons. The van der Waals surface area contributed by atoms with Gasteiger partial charge in [0.2, 0.25) is 23.7 Å². The maximum Gasteiger partial charge on any atom is 0.273 e. The number of aromatic nitrogens is 5. The molecule has 0 bridgehead atoms. The summed E-state index contributed by atoms with van der Waals surface area (Å²) < 4.78 is 24.7. The molecule has 21 nitrogen and oxygen atoms in total. The first-order valence-corrected chi connectivity index (χ1v) is 25.3. The van der Waals surface area contributed by atoms with E-state index in [-0.39, 0.29) is 74.8 Å². The number of carbonyl (C=O) groups excluding carboxylic acids is 4. The number of hydrogen-bond donors (Lipinski definition) is 7. The monoisotopic (exact) mass is 1010 g/mol. The molecule has 2 fully saturated rings. The minimum atomic E-state index is -0.981. The van der Waals surface area contributed by atoms with E-state index in [1.165, 1.54) is 16.2 Å². The molecular weight excluding hydrogens is 945 g/mol. The zero-order valence-corrected chi connectivity index (χ0v) is 42.2. The van der Waals surface area contributed by atoms with Crippen LogP contribution in [0.15, 0.2) is 60.2 Å². The molecule has 22 heteroatoms. The van der Waals surface area contributed by atoms with Crippen molar-refractivity contribution < 1.29 is 43.2 Å². The van der Waals surface area contributed by atoms with Gasteiger partial charge in [-0.15, -0.1) is 21.5 Å². The van der Waals surface area contributed by atoms with Gasteiger partial charge in [-0.1, -0.05) is 63.9 Å². The van der Waals surface area contributed by atoms with E-state index in [1.807, 2.05) is 82.4 Å². The van der Waals surface area contributed by atoms with Gasteiger partial charge in [-0.2, -0.15) is 4.98 Å². The number of β-amino-alcohol motifs (C(OH)–C–C–N with tert-alkyl or cyclic N) is 1. The molecule has 1 aliphatic heterocycles. The third-order valence-corrected chi connectivity index (χ3v) is 13.7. The van der Waals surface area contributed by atoms with E-state index in [9.17, 15) is 24.3 Å². The summed E-state index contributed by atoms with van der Waals surface area (Å²) in [6.07, 6.45) is 5.11. The quantitative estimate of drug-likeness (QED) is 0.0411. The van der Waals surface area contributed by atoms with Crippen LogP contribution in [0, 0.1) is 12.3 Å². The molecule has 2 aliphatic rings. The van der Waals surface area contributed by atoms with E-state index >= 15 is 0 Å². The predicted molar refractivity (Wildman–Crippen MR) is 272 cm³/mol. The van der Waals surface area contributed by atoms with Crippen LogP contribution in [0.2, 0.25) is 0 Å². The molecule has 9 N–H and O–H groups in total. The van der Waals surface area contributed by atoms with Crippen molar-refractivity contribution in [3.63, 3.8) is 0 Å².